The van der Waals surface area contributed by atoms with Gasteiger partial charge in [-0.05, 0) is 55.2 Å². The average molecular weight is 367 g/mol. The number of rotatable bonds is 4. The van der Waals surface area contributed by atoms with Crippen LogP contribution in [0.15, 0.2) is 24.3 Å². The summed E-state index contributed by atoms with van der Waals surface area (Å²) in [4.78, 5) is 24.1. The first-order valence-corrected chi connectivity index (χ1v) is 8.79. The third kappa shape index (κ3) is 4.53. The third-order valence-corrected chi connectivity index (χ3v) is 5.60. The van der Waals surface area contributed by atoms with Gasteiger partial charge in [0.2, 0.25) is 5.91 Å². The quantitative estimate of drug-likeness (QED) is 0.803. The SMILES string of the molecule is COC(=O)c1cccc(CNC(=O)C2CC3CCCC(C2)C3N)c1.Cl. The van der Waals surface area contributed by atoms with Gasteiger partial charge in [-0.2, -0.15) is 0 Å². The van der Waals surface area contributed by atoms with Crippen molar-refractivity contribution in [3.8, 4) is 0 Å². The van der Waals surface area contributed by atoms with Crippen molar-refractivity contribution in [2.45, 2.75) is 44.7 Å². The van der Waals surface area contributed by atoms with Gasteiger partial charge in [0.1, 0.15) is 0 Å². The van der Waals surface area contributed by atoms with E-state index in [-0.39, 0.29) is 36.2 Å². The van der Waals surface area contributed by atoms with Crippen LogP contribution in [0.4, 0.5) is 0 Å². The van der Waals surface area contributed by atoms with Crippen LogP contribution in [0.5, 0.6) is 0 Å². The third-order valence-electron chi connectivity index (χ3n) is 5.60. The molecule has 0 spiro atoms. The number of nitrogens with one attached hydrogen (secondary N) is 1. The van der Waals surface area contributed by atoms with Crippen LogP contribution in [0.2, 0.25) is 0 Å². The Labute approximate surface area is 155 Å². The molecule has 25 heavy (non-hydrogen) atoms. The first-order chi connectivity index (χ1) is 11.6. The molecule has 6 heteroatoms. The molecule has 0 saturated heterocycles. The number of methoxy groups -OCH3 is 1. The van der Waals surface area contributed by atoms with Crippen molar-refractivity contribution in [1.82, 2.24) is 5.32 Å². The highest BCUT2D eigenvalue weighted by molar-refractivity contribution is 5.89. The molecule has 2 bridgehead atoms. The number of hydrogen-bond donors (Lipinski definition) is 2. The van der Waals surface area contributed by atoms with E-state index in [9.17, 15) is 9.59 Å². The summed E-state index contributed by atoms with van der Waals surface area (Å²) < 4.78 is 4.73. The zero-order valence-electron chi connectivity index (χ0n) is 14.6. The summed E-state index contributed by atoms with van der Waals surface area (Å²) in [6.07, 6.45) is 5.38. The van der Waals surface area contributed by atoms with Gasteiger partial charge in [0.05, 0.1) is 12.7 Å². The highest BCUT2D eigenvalue weighted by atomic mass is 35.5. The van der Waals surface area contributed by atoms with Crippen LogP contribution < -0.4 is 11.1 Å². The maximum absolute atomic E-state index is 12.5. The monoisotopic (exact) mass is 366 g/mol. The number of halogens is 1. The Morgan fingerprint density at radius 2 is 1.92 bits per heavy atom. The fourth-order valence-corrected chi connectivity index (χ4v) is 4.26. The van der Waals surface area contributed by atoms with Gasteiger partial charge in [0.15, 0.2) is 0 Å². The van der Waals surface area contributed by atoms with Crippen molar-refractivity contribution < 1.29 is 14.3 Å². The normalized spacial score (nSPS) is 27.8. The van der Waals surface area contributed by atoms with E-state index in [1.54, 1.807) is 18.2 Å². The molecule has 1 aromatic carbocycles. The number of esters is 1. The number of fused-ring (bicyclic) bond motifs is 2. The molecule has 2 fully saturated rings. The lowest BCUT2D eigenvalue weighted by molar-refractivity contribution is -0.128. The van der Waals surface area contributed by atoms with E-state index in [0.717, 1.165) is 31.2 Å². The molecule has 0 aliphatic heterocycles. The molecule has 138 valence electrons. The zero-order chi connectivity index (χ0) is 17.1. The summed E-state index contributed by atoms with van der Waals surface area (Å²) in [6, 6.07) is 7.45. The molecule has 0 heterocycles. The first-order valence-electron chi connectivity index (χ1n) is 8.79. The fraction of sp³-hybridized carbons (Fsp3) is 0.579. The Balaban J connectivity index is 0.00000225. The molecule has 1 amide bonds. The van der Waals surface area contributed by atoms with Crippen LogP contribution in [0.1, 0.15) is 48.0 Å². The zero-order valence-corrected chi connectivity index (χ0v) is 15.4. The summed E-state index contributed by atoms with van der Waals surface area (Å²) >= 11 is 0. The van der Waals surface area contributed by atoms with Crippen LogP contribution in [-0.4, -0.2) is 25.0 Å². The lowest BCUT2D eigenvalue weighted by atomic mass is 9.65. The van der Waals surface area contributed by atoms with Crippen molar-refractivity contribution in [3.63, 3.8) is 0 Å². The van der Waals surface area contributed by atoms with Crippen LogP contribution >= 0.6 is 12.4 Å². The molecule has 2 atom stereocenters. The Kier molecular flexibility index (Phi) is 6.85. The second-order valence-corrected chi connectivity index (χ2v) is 7.11. The summed E-state index contributed by atoms with van der Waals surface area (Å²) in [5.41, 5.74) is 7.70. The second kappa shape index (κ2) is 8.68. The molecule has 2 aliphatic rings. The van der Waals surface area contributed by atoms with Gasteiger partial charge in [-0.15, -0.1) is 12.4 Å². The fourth-order valence-electron chi connectivity index (χ4n) is 4.26. The van der Waals surface area contributed by atoms with Crippen molar-refractivity contribution >= 4 is 24.3 Å². The van der Waals surface area contributed by atoms with Crippen LogP contribution in [0.25, 0.3) is 0 Å². The molecule has 0 radical (unpaired) electrons. The van der Waals surface area contributed by atoms with Gasteiger partial charge < -0.3 is 15.8 Å². The van der Waals surface area contributed by atoms with Crippen molar-refractivity contribution in [1.29, 1.82) is 0 Å². The molecular weight excluding hydrogens is 340 g/mol. The van der Waals surface area contributed by atoms with Gasteiger partial charge in [0, 0.05) is 18.5 Å². The minimum atomic E-state index is -0.364. The van der Waals surface area contributed by atoms with E-state index >= 15 is 0 Å². The van der Waals surface area contributed by atoms with Crippen molar-refractivity contribution in [2.24, 2.45) is 23.5 Å². The van der Waals surface area contributed by atoms with Gasteiger partial charge in [0.25, 0.3) is 0 Å². The molecule has 2 aliphatic carbocycles. The number of ether oxygens (including phenoxy) is 1. The smallest absolute Gasteiger partial charge is 0.337 e. The second-order valence-electron chi connectivity index (χ2n) is 7.11. The minimum Gasteiger partial charge on any atom is -0.465 e. The molecule has 1 aromatic rings. The predicted molar refractivity (Wildman–Crippen MR) is 98.4 cm³/mol. The molecule has 5 nitrogen and oxygen atoms in total. The van der Waals surface area contributed by atoms with E-state index in [1.165, 1.54) is 13.5 Å². The van der Waals surface area contributed by atoms with E-state index < -0.39 is 0 Å². The molecule has 2 unspecified atom stereocenters. The molecular formula is C19H27ClN2O3. The standard InChI is InChI=1S/C19H26N2O3.ClH/c1-24-19(23)15-7-2-4-12(8-15)11-21-18(22)16-9-13-5-3-6-14(10-16)17(13)20;/h2,4,7-8,13-14,16-17H,3,5-6,9-11,20H2,1H3,(H,21,22);1H. The maximum atomic E-state index is 12.5. The Bertz CT molecular complexity index is 608. The molecule has 3 rings (SSSR count). The van der Waals surface area contributed by atoms with Gasteiger partial charge in [-0.1, -0.05) is 18.6 Å². The van der Waals surface area contributed by atoms with E-state index in [2.05, 4.69) is 5.32 Å². The lowest BCUT2D eigenvalue weighted by Crippen LogP contribution is -2.49. The van der Waals surface area contributed by atoms with E-state index in [1.807, 2.05) is 6.07 Å². The first kappa shape index (κ1) is 19.7. The summed E-state index contributed by atoms with van der Waals surface area (Å²) in [5, 5.41) is 3.03. The minimum absolute atomic E-state index is 0. The number of carbonyl (C=O) groups is 2. The Hall–Kier alpha value is -1.59. The number of hydrogen-bond acceptors (Lipinski definition) is 4. The van der Waals surface area contributed by atoms with E-state index in [0.29, 0.717) is 23.9 Å². The van der Waals surface area contributed by atoms with Crippen LogP contribution in [0, 0.1) is 17.8 Å². The van der Waals surface area contributed by atoms with Gasteiger partial charge in [-0.3, -0.25) is 4.79 Å². The highest BCUT2D eigenvalue weighted by Gasteiger charge is 2.40. The van der Waals surface area contributed by atoms with E-state index in [4.69, 9.17) is 10.5 Å². The number of benzene rings is 1. The van der Waals surface area contributed by atoms with Gasteiger partial charge >= 0.3 is 5.97 Å². The number of nitrogens with two attached hydrogens (primary N) is 1. The van der Waals surface area contributed by atoms with Crippen LogP contribution in [-0.2, 0) is 16.1 Å². The number of carbonyl (C=O) groups excluding carboxylic acids is 2. The molecule has 2 saturated carbocycles. The summed E-state index contributed by atoms with van der Waals surface area (Å²) in [5.74, 6) is 0.815. The van der Waals surface area contributed by atoms with Crippen LogP contribution in [0.3, 0.4) is 0 Å². The maximum Gasteiger partial charge on any atom is 0.337 e. The van der Waals surface area contributed by atoms with Crippen molar-refractivity contribution in [2.75, 3.05) is 7.11 Å². The summed E-state index contributed by atoms with van der Waals surface area (Å²) in [6.45, 7) is 0.432. The highest BCUT2D eigenvalue weighted by Crippen LogP contribution is 2.41. The largest absolute Gasteiger partial charge is 0.465 e. The van der Waals surface area contributed by atoms with Crippen molar-refractivity contribution in [3.05, 3.63) is 35.4 Å². The summed E-state index contributed by atoms with van der Waals surface area (Å²) in [7, 11) is 1.36. The average Bonchev–Trinajstić information content (AvgIpc) is 2.59. The Morgan fingerprint density at radius 1 is 1.24 bits per heavy atom. The Morgan fingerprint density at radius 3 is 2.56 bits per heavy atom. The molecule has 0 aromatic heterocycles. The topological polar surface area (TPSA) is 81.4 Å². The molecule has 3 N–H and O–H groups in total. The lowest BCUT2D eigenvalue weighted by Gasteiger charge is -2.43. The predicted octanol–water partition coefficient (Wildman–Crippen LogP) is 2.66. The van der Waals surface area contributed by atoms with Gasteiger partial charge in [-0.25, -0.2) is 4.79 Å². The number of amides is 1.